The van der Waals surface area contributed by atoms with Crippen molar-refractivity contribution in [2.24, 2.45) is 0 Å². The number of rotatable bonds is 5. The second-order valence-corrected chi connectivity index (χ2v) is 7.69. The second kappa shape index (κ2) is 7.91. The molecule has 0 aromatic heterocycles. The zero-order valence-corrected chi connectivity index (χ0v) is 16.8. The molecular weight excluding hydrogens is 458 g/mol. The first-order valence-electron chi connectivity index (χ1n) is 6.94. The van der Waals surface area contributed by atoms with Crippen molar-refractivity contribution in [3.05, 3.63) is 66.5 Å². The summed E-state index contributed by atoms with van der Waals surface area (Å²) in [6, 6.07) is 13.2. The van der Waals surface area contributed by atoms with Gasteiger partial charge in [-0.3, -0.25) is 0 Å². The molecule has 2 aromatic rings. The van der Waals surface area contributed by atoms with Gasteiger partial charge in [-0.1, -0.05) is 66.8 Å². The first-order valence-corrected chi connectivity index (χ1v) is 9.32. The molecular formula is C17H18Br3N. The van der Waals surface area contributed by atoms with Crippen LogP contribution in [0.5, 0.6) is 0 Å². The Hall–Kier alpha value is -0.160. The molecule has 1 nitrogen and oxygen atoms in total. The van der Waals surface area contributed by atoms with Crippen LogP contribution in [0.3, 0.4) is 0 Å². The fourth-order valence-electron chi connectivity index (χ4n) is 2.37. The largest absolute Gasteiger partial charge is 0.310 e. The van der Waals surface area contributed by atoms with Gasteiger partial charge in [0, 0.05) is 19.5 Å². The molecule has 0 heterocycles. The van der Waals surface area contributed by atoms with Gasteiger partial charge in [0.15, 0.2) is 0 Å². The molecule has 0 bridgehead atoms. The molecule has 0 fully saturated rings. The predicted octanol–water partition coefficient (Wildman–Crippen LogP) is 6.18. The van der Waals surface area contributed by atoms with Crippen LogP contribution in [-0.2, 0) is 6.42 Å². The lowest BCUT2D eigenvalue weighted by molar-refractivity contribution is 0.547. The Bertz CT molecular complexity index is 625. The van der Waals surface area contributed by atoms with E-state index in [-0.39, 0.29) is 6.04 Å². The third-order valence-corrected chi connectivity index (χ3v) is 5.47. The van der Waals surface area contributed by atoms with E-state index < -0.39 is 0 Å². The van der Waals surface area contributed by atoms with Crippen LogP contribution >= 0.6 is 47.8 Å². The van der Waals surface area contributed by atoms with Crippen molar-refractivity contribution >= 4 is 47.8 Å². The number of benzene rings is 2. The first kappa shape index (κ1) is 17.2. The molecule has 0 radical (unpaired) electrons. The van der Waals surface area contributed by atoms with Crippen LogP contribution in [0.4, 0.5) is 0 Å². The molecule has 2 rings (SSSR count). The van der Waals surface area contributed by atoms with Crippen LogP contribution in [-0.4, -0.2) is 6.54 Å². The standard InChI is InChI=1S/C17H18Br3N/c1-3-21-17(9-12-5-4-6-13(18)8-12)14-10-15(19)11(2)7-16(14)20/h4-8,10,17,21H,3,9H2,1-2H3. The molecule has 1 N–H and O–H groups in total. The molecule has 1 unspecified atom stereocenters. The van der Waals surface area contributed by atoms with Gasteiger partial charge in [0.1, 0.15) is 0 Å². The number of likely N-dealkylation sites (N-methyl/N-ethyl adjacent to an activating group) is 1. The summed E-state index contributed by atoms with van der Waals surface area (Å²) in [5.74, 6) is 0. The molecule has 0 saturated carbocycles. The topological polar surface area (TPSA) is 12.0 Å². The van der Waals surface area contributed by atoms with Gasteiger partial charge in [-0.2, -0.15) is 0 Å². The minimum atomic E-state index is 0.288. The van der Waals surface area contributed by atoms with Crippen molar-refractivity contribution in [3.63, 3.8) is 0 Å². The Morgan fingerprint density at radius 3 is 2.48 bits per heavy atom. The fourth-order valence-corrected chi connectivity index (χ4v) is 3.91. The molecule has 0 aliphatic rings. The van der Waals surface area contributed by atoms with E-state index in [0.29, 0.717) is 0 Å². The van der Waals surface area contributed by atoms with Crippen molar-refractivity contribution in [2.75, 3.05) is 6.54 Å². The fraction of sp³-hybridized carbons (Fsp3) is 0.294. The molecule has 0 spiro atoms. The highest BCUT2D eigenvalue weighted by atomic mass is 79.9. The average Bonchev–Trinajstić information content (AvgIpc) is 2.42. The van der Waals surface area contributed by atoms with Gasteiger partial charge in [0.05, 0.1) is 0 Å². The highest BCUT2D eigenvalue weighted by Gasteiger charge is 2.16. The van der Waals surface area contributed by atoms with E-state index in [4.69, 9.17) is 0 Å². The molecule has 1 atom stereocenters. The van der Waals surface area contributed by atoms with Crippen LogP contribution < -0.4 is 5.32 Å². The summed E-state index contributed by atoms with van der Waals surface area (Å²) < 4.78 is 3.43. The van der Waals surface area contributed by atoms with Crippen LogP contribution in [0.15, 0.2) is 49.8 Å². The van der Waals surface area contributed by atoms with Gasteiger partial charge in [0.2, 0.25) is 0 Å². The number of nitrogens with one attached hydrogen (secondary N) is 1. The minimum absolute atomic E-state index is 0.288. The average molecular weight is 476 g/mol. The van der Waals surface area contributed by atoms with Gasteiger partial charge in [0.25, 0.3) is 0 Å². The van der Waals surface area contributed by atoms with E-state index in [1.165, 1.54) is 16.7 Å². The molecule has 4 heteroatoms. The summed E-state index contributed by atoms with van der Waals surface area (Å²) in [4.78, 5) is 0. The Kier molecular flexibility index (Phi) is 6.48. The van der Waals surface area contributed by atoms with Gasteiger partial charge in [-0.25, -0.2) is 0 Å². The lowest BCUT2D eigenvalue weighted by Gasteiger charge is -2.21. The third kappa shape index (κ3) is 4.65. The zero-order valence-electron chi connectivity index (χ0n) is 12.1. The number of halogens is 3. The highest BCUT2D eigenvalue weighted by Crippen LogP contribution is 2.31. The summed E-state index contributed by atoms with van der Waals surface area (Å²) in [5, 5.41) is 3.59. The zero-order chi connectivity index (χ0) is 15.4. The van der Waals surface area contributed by atoms with E-state index >= 15 is 0 Å². The number of aryl methyl sites for hydroxylation is 1. The van der Waals surface area contributed by atoms with Crippen molar-refractivity contribution in [1.82, 2.24) is 5.32 Å². The maximum atomic E-state index is 3.71. The van der Waals surface area contributed by atoms with Crippen LogP contribution in [0.1, 0.15) is 29.7 Å². The lowest BCUT2D eigenvalue weighted by atomic mass is 9.98. The Morgan fingerprint density at radius 2 is 1.81 bits per heavy atom. The maximum Gasteiger partial charge on any atom is 0.0372 e. The van der Waals surface area contributed by atoms with Crippen LogP contribution in [0.25, 0.3) is 0 Å². The Balaban J connectivity index is 2.33. The monoisotopic (exact) mass is 473 g/mol. The van der Waals surface area contributed by atoms with Crippen LogP contribution in [0.2, 0.25) is 0 Å². The van der Waals surface area contributed by atoms with E-state index in [9.17, 15) is 0 Å². The van der Waals surface area contributed by atoms with Crippen molar-refractivity contribution in [3.8, 4) is 0 Å². The first-order chi connectivity index (χ1) is 10.0. The third-order valence-electron chi connectivity index (χ3n) is 3.43. The second-order valence-electron chi connectivity index (χ2n) is 5.07. The summed E-state index contributed by atoms with van der Waals surface area (Å²) in [6.07, 6.45) is 0.960. The molecule has 2 aromatic carbocycles. The van der Waals surface area contributed by atoms with Crippen molar-refractivity contribution in [2.45, 2.75) is 26.3 Å². The number of hydrogen-bond acceptors (Lipinski definition) is 1. The van der Waals surface area contributed by atoms with E-state index in [2.05, 4.69) is 103 Å². The molecule has 21 heavy (non-hydrogen) atoms. The van der Waals surface area contributed by atoms with E-state index in [1.807, 2.05) is 0 Å². The van der Waals surface area contributed by atoms with Gasteiger partial charge in [-0.05, 0) is 60.8 Å². The van der Waals surface area contributed by atoms with E-state index in [0.717, 1.165) is 26.4 Å². The van der Waals surface area contributed by atoms with Gasteiger partial charge >= 0.3 is 0 Å². The SMILES string of the molecule is CCNC(Cc1cccc(Br)c1)c1cc(Br)c(C)cc1Br. The molecule has 0 aliphatic carbocycles. The molecule has 0 aliphatic heterocycles. The smallest absolute Gasteiger partial charge is 0.0372 e. The summed E-state index contributed by atoms with van der Waals surface area (Å²) in [5.41, 5.74) is 3.84. The summed E-state index contributed by atoms with van der Waals surface area (Å²) >= 11 is 10.9. The normalized spacial score (nSPS) is 12.4. The van der Waals surface area contributed by atoms with Gasteiger partial charge < -0.3 is 5.32 Å². The van der Waals surface area contributed by atoms with E-state index in [1.54, 1.807) is 0 Å². The summed E-state index contributed by atoms with van der Waals surface area (Å²) in [7, 11) is 0. The number of hydrogen-bond donors (Lipinski definition) is 1. The summed E-state index contributed by atoms with van der Waals surface area (Å²) in [6.45, 7) is 5.19. The van der Waals surface area contributed by atoms with Crippen molar-refractivity contribution in [1.29, 1.82) is 0 Å². The Morgan fingerprint density at radius 1 is 1.05 bits per heavy atom. The van der Waals surface area contributed by atoms with Gasteiger partial charge in [-0.15, -0.1) is 0 Å². The quantitative estimate of drug-likeness (QED) is 0.544. The minimum Gasteiger partial charge on any atom is -0.310 e. The molecule has 0 saturated heterocycles. The van der Waals surface area contributed by atoms with Crippen LogP contribution in [0, 0.1) is 6.92 Å². The lowest BCUT2D eigenvalue weighted by Crippen LogP contribution is -2.23. The highest BCUT2D eigenvalue weighted by molar-refractivity contribution is 9.11. The maximum absolute atomic E-state index is 3.71. The molecule has 0 amide bonds. The Labute approximate surface area is 151 Å². The molecule has 112 valence electrons. The van der Waals surface area contributed by atoms with Crippen molar-refractivity contribution < 1.29 is 0 Å². The predicted molar refractivity (Wildman–Crippen MR) is 101 cm³/mol.